The Morgan fingerprint density at radius 1 is 1.18 bits per heavy atom. The molecule has 0 atom stereocenters. The molecule has 1 aromatic carbocycles. The Morgan fingerprint density at radius 2 is 1.82 bits per heavy atom. The van der Waals surface area contributed by atoms with Crippen LogP contribution in [0.2, 0.25) is 0 Å². The Labute approximate surface area is 169 Å². The molecule has 2 N–H and O–H groups in total. The first-order valence-corrected chi connectivity index (χ1v) is 11.1. The van der Waals surface area contributed by atoms with Crippen LogP contribution >= 0.6 is 11.8 Å². The van der Waals surface area contributed by atoms with E-state index < -0.39 is 0 Å². The van der Waals surface area contributed by atoms with Crippen molar-refractivity contribution in [3.05, 3.63) is 24.3 Å². The summed E-state index contributed by atoms with van der Waals surface area (Å²) in [4.78, 5) is 17.1. The molecule has 28 heavy (non-hydrogen) atoms. The van der Waals surface area contributed by atoms with E-state index in [9.17, 15) is 4.79 Å². The van der Waals surface area contributed by atoms with E-state index in [0.29, 0.717) is 16.7 Å². The summed E-state index contributed by atoms with van der Waals surface area (Å²) in [6, 6.07) is 7.66. The number of hydrogen-bond donors (Lipinski definition) is 2. The molecule has 4 fully saturated rings. The number of aromatic nitrogens is 3. The predicted octanol–water partition coefficient (Wildman–Crippen LogP) is 3.66. The van der Waals surface area contributed by atoms with Crippen LogP contribution in [-0.4, -0.2) is 39.5 Å². The smallest absolute Gasteiger partial charge is 0.230 e. The molecule has 1 aromatic heterocycles. The Bertz CT molecular complexity index is 828. The Morgan fingerprint density at radius 3 is 2.43 bits per heavy atom. The molecule has 0 spiro atoms. The van der Waals surface area contributed by atoms with Gasteiger partial charge in [0.1, 0.15) is 5.75 Å². The number of rotatable bonds is 6. The molecule has 148 valence electrons. The normalized spacial score (nSPS) is 30.4. The minimum absolute atomic E-state index is 0.0691. The van der Waals surface area contributed by atoms with Crippen molar-refractivity contribution in [1.29, 1.82) is 0 Å². The summed E-state index contributed by atoms with van der Waals surface area (Å²) < 4.78 is 5.18. The maximum Gasteiger partial charge on any atom is 0.230 e. The van der Waals surface area contributed by atoms with Gasteiger partial charge in [-0.3, -0.25) is 9.89 Å². The van der Waals surface area contributed by atoms with Gasteiger partial charge in [0.05, 0.1) is 12.9 Å². The topological polar surface area (TPSA) is 79.9 Å². The van der Waals surface area contributed by atoms with Crippen LogP contribution in [0.3, 0.4) is 0 Å². The number of ether oxygens (including phenoxy) is 1. The van der Waals surface area contributed by atoms with Crippen LogP contribution in [0.4, 0.5) is 0 Å². The zero-order chi connectivity index (χ0) is 19.1. The summed E-state index contributed by atoms with van der Waals surface area (Å²) in [5.74, 6) is 4.48. The number of methoxy groups -OCH3 is 1. The van der Waals surface area contributed by atoms with Crippen LogP contribution in [-0.2, 0) is 4.79 Å². The fourth-order valence-electron chi connectivity index (χ4n) is 5.91. The molecule has 0 radical (unpaired) electrons. The van der Waals surface area contributed by atoms with Crippen molar-refractivity contribution >= 4 is 17.7 Å². The number of nitrogens with zero attached hydrogens (tertiary/aromatic N) is 2. The molecular weight excluding hydrogens is 372 g/mol. The number of carbonyl (C=O) groups is 1. The monoisotopic (exact) mass is 398 g/mol. The van der Waals surface area contributed by atoms with E-state index in [0.717, 1.165) is 29.1 Å². The van der Waals surface area contributed by atoms with Crippen molar-refractivity contribution in [3.63, 3.8) is 0 Å². The van der Waals surface area contributed by atoms with E-state index in [1.165, 1.54) is 50.3 Å². The minimum Gasteiger partial charge on any atom is -0.497 e. The van der Waals surface area contributed by atoms with Gasteiger partial charge in [0.15, 0.2) is 5.82 Å². The third kappa shape index (κ3) is 3.52. The summed E-state index contributed by atoms with van der Waals surface area (Å²) in [6.45, 7) is 0. The second-order valence-corrected chi connectivity index (χ2v) is 9.67. The molecule has 0 saturated heterocycles. The Hall–Kier alpha value is -2.02. The lowest BCUT2D eigenvalue weighted by Gasteiger charge is -2.56. The number of nitrogens with one attached hydrogen (secondary N) is 2. The SMILES string of the molecule is COc1ccc(-c2nc(SCC(=O)NC34CC5CC(CC(C5)C3)C4)n[nH]2)cc1. The van der Waals surface area contributed by atoms with Crippen LogP contribution in [0.25, 0.3) is 11.4 Å². The lowest BCUT2D eigenvalue weighted by molar-refractivity contribution is -0.124. The fraction of sp³-hybridized carbons (Fsp3) is 0.571. The molecule has 6 rings (SSSR count). The van der Waals surface area contributed by atoms with Crippen LogP contribution in [0.15, 0.2) is 29.4 Å². The number of thioether (sulfide) groups is 1. The first-order valence-electron chi connectivity index (χ1n) is 10.1. The maximum absolute atomic E-state index is 12.6. The van der Waals surface area contributed by atoms with Crippen LogP contribution in [0.1, 0.15) is 38.5 Å². The molecule has 4 aliphatic carbocycles. The van der Waals surface area contributed by atoms with E-state index in [2.05, 4.69) is 20.5 Å². The van der Waals surface area contributed by atoms with Crippen molar-refractivity contribution in [3.8, 4) is 17.1 Å². The van der Waals surface area contributed by atoms with Gasteiger partial charge in [0.25, 0.3) is 0 Å². The summed E-state index contributed by atoms with van der Waals surface area (Å²) in [6.07, 6.45) is 7.69. The molecule has 4 saturated carbocycles. The molecular formula is C21H26N4O2S. The molecule has 2 aromatic rings. The molecule has 4 bridgehead atoms. The number of aromatic amines is 1. The van der Waals surface area contributed by atoms with Gasteiger partial charge in [-0.1, -0.05) is 11.8 Å². The first kappa shape index (κ1) is 18.0. The number of H-pyrrole nitrogens is 1. The van der Waals surface area contributed by atoms with Crippen molar-refractivity contribution in [2.75, 3.05) is 12.9 Å². The average molecular weight is 399 g/mol. The van der Waals surface area contributed by atoms with Crippen LogP contribution in [0.5, 0.6) is 5.75 Å². The number of amides is 1. The van der Waals surface area contributed by atoms with Gasteiger partial charge in [-0.05, 0) is 80.5 Å². The maximum atomic E-state index is 12.6. The second kappa shape index (κ2) is 7.10. The third-order valence-electron chi connectivity index (χ3n) is 6.60. The van der Waals surface area contributed by atoms with E-state index in [-0.39, 0.29) is 11.4 Å². The molecule has 7 heteroatoms. The highest BCUT2D eigenvalue weighted by Gasteiger charge is 2.51. The summed E-state index contributed by atoms with van der Waals surface area (Å²) >= 11 is 1.39. The highest BCUT2D eigenvalue weighted by molar-refractivity contribution is 7.99. The highest BCUT2D eigenvalue weighted by atomic mass is 32.2. The summed E-state index contributed by atoms with van der Waals surface area (Å²) in [5, 5.41) is 11.2. The molecule has 0 unspecified atom stereocenters. The summed E-state index contributed by atoms with van der Waals surface area (Å²) in [7, 11) is 1.65. The van der Waals surface area contributed by atoms with Gasteiger partial charge in [-0.15, -0.1) is 5.10 Å². The third-order valence-corrected chi connectivity index (χ3v) is 7.45. The minimum atomic E-state index is 0.0691. The van der Waals surface area contributed by atoms with Gasteiger partial charge >= 0.3 is 0 Å². The van der Waals surface area contributed by atoms with Crippen LogP contribution in [0, 0.1) is 17.8 Å². The van der Waals surface area contributed by atoms with Crippen molar-refractivity contribution in [1.82, 2.24) is 20.5 Å². The number of hydrogen-bond acceptors (Lipinski definition) is 5. The van der Waals surface area contributed by atoms with E-state index in [1.807, 2.05) is 24.3 Å². The lowest BCUT2D eigenvalue weighted by Crippen LogP contribution is -2.60. The quantitative estimate of drug-likeness (QED) is 0.726. The van der Waals surface area contributed by atoms with E-state index >= 15 is 0 Å². The zero-order valence-electron chi connectivity index (χ0n) is 16.1. The second-order valence-electron chi connectivity index (χ2n) is 8.73. The molecule has 0 aliphatic heterocycles. The lowest BCUT2D eigenvalue weighted by atomic mass is 9.53. The van der Waals surface area contributed by atoms with Gasteiger partial charge in [-0.2, -0.15) is 0 Å². The largest absolute Gasteiger partial charge is 0.497 e. The van der Waals surface area contributed by atoms with Crippen LogP contribution < -0.4 is 10.1 Å². The van der Waals surface area contributed by atoms with Gasteiger partial charge in [0, 0.05) is 11.1 Å². The standard InChI is InChI=1S/C21H26N4O2S/c1-27-17-4-2-16(3-5-17)19-22-20(25-24-19)28-12-18(26)23-21-9-13-6-14(10-21)8-15(7-13)11-21/h2-5,13-15H,6-12H2,1H3,(H,23,26)(H,22,24,25). The average Bonchev–Trinajstić information content (AvgIpc) is 3.14. The number of benzene rings is 1. The van der Waals surface area contributed by atoms with Gasteiger partial charge in [-0.25, -0.2) is 4.98 Å². The molecule has 1 heterocycles. The Balaban J connectivity index is 1.18. The highest BCUT2D eigenvalue weighted by Crippen LogP contribution is 2.55. The van der Waals surface area contributed by atoms with E-state index in [1.54, 1.807) is 7.11 Å². The number of carbonyl (C=O) groups excluding carboxylic acids is 1. The van der Waals surface area contributed by atoms with Crippen molar-refractivity contribution in [2.24, 2.45) is 17.8 Å². The van der Waals surface area contributed by atoms with Gasteiger partial charge in [0.2, 0.25) is 11.1 Å². The predicted molar refractivity (Wildman–Crippen MR) is 108 cm³/mol. The van der Waals surface area contributed by atoms with E-state index in [4.69, 9.17) is 4.74 Å². The first-order chi connectivity index (χ1) is 13.6. The van der Waals surface area contributed by atoms with Crippen molar-refractivity contribution < 1.29 is 9.53 Å². The fourth-order valence-corrected chi connectivity index (χ4v) is 6.51. The summed E-state index contributed by atoms with van der Waals surface area (Å²) in [5.41, 5.74) is 1.01. The zero-order valence-corrected chi connectivity index (χ0v) is 16.9. The van der Waals surface area contributed by atoms with Crippen molar-refractivity contribution in [2.45, 2.75) is 49.2 Å². The molecule has 1 amide bonds. The Kier molecular flexibility index (Phi) is 4.57. The van der Waals surface area contributed by atoms with Gasteiger partial charge < -0.3 is 10.1 Å². The molecule has 6 nitrogen and oxygen atoms in total. The molecule has 4 aliphatic rings.